The molecule has 4 aliphatic rings. The molecule has 0 aliphatic heterocycles. The van der Waals surface area contributed by atoms with Gasteiger partial charge in [0.25, 0.3) is 0 Å². The third kappa shape index (κ3) is 5.73. The van der Waals surface area contributed by atoms with Crippen LogP contribution in [-0.2, 0) is 9.53 Å². The van der Waals surface area contributed by atoms with Gasteiger partial charge in [-0.15, -0.1) is 0 Å². The molecule has 4 rings (SSSR count). The highest BCUT2D eigenvalue weighted by Gasteiger charge is 2.71. The Morgan fingerprint density at radius 2 is 1.55 bits per heavy atom. The van der Waals surface area contributed by atoms with Gasteiger partial charge in [-0.3, -0.25) is 4.79 Å². The van der Waals surface area contributed by atoms with E-state index in [9.17, 15) is 20.1 Å². The van der Waals surface area contributed by atoms with E-state index in [1.807, 2.05) is 20.8 Å². The SMILES string of the molecule is CC(C)C[C@H](N)C(=O)O[C@H]1CC[C@@]2(C)[C@H](CC[C@]3(C)[C@@H]2C[C@@H](O)[C@@H]2C([C@](C)(O)CCCC(C)(C)O)CC[C@]23C)C1(C)C. The van der Waals surface area contributed by atoms with Gasteiger partial charge >= 0.3 is 5.97 Å². The molecule has 0 spiro atoms. The minimum absolute atomic E-state index is 0.0434. The zero-order valence-corrected chi connectivity index (χ0v) is 28.6. The van der Waals surface area contributed by atoms with Crippen molar-refractivity contribution < 1.29 is 24.9 Å². The van der Waals surface area contributed by atoms with E-state index in [0.717, 1.165) is 51.4 Å². The lowest BCUT2D eigenvalue weighted by molar-refractivity contribution is -0.249. The number of ether oxygens (including phenoxy) is 1. The van der Waals surface area contributed by atoms with Crippen LogP contribution in [0.2, 0.25) is 0 Å². The lowest BCUT2D eigenvalue weighted by Gasteiger charge is -2.70. The molecule has 0 aromatic rings. The Balaban J connectivity index is 1.56. The predicted molar refractivity (Wildman–Crippen MR) is 168 cm³/mol. The Morgan fingerprint density at radius 1 is 0.929 bits per heavy atom. The number of carbonyl (C=O) groups excluding carboxylic acids is 1. The van der Waals surface area contributed by atoms with Crippen molar-refractivity contribution in [1.29, 1.82) is 0 Å². The standard InChI is InChI=1S/C36H65NO5/c1-22(2)20-24(37)30(39)42-28-14-17-33(7)26(32(28,5)6)13-19-34(8)27(33)21-25(38)29-23(12-18-35(29,34)9)36(10,41)16-11-15-31(3,4)40/h22-29,38,40-41H,11-21,37H2,1-10H3/t23?,24-,25+,26+,27+,28-,29-,33-,34+,35+,36+/m0/s1. The van der Waals surface area contributed by atoms with Gasteiger partial charge in [-0.25, -0.2) is 0 Å². The van der Waals surface area contributed by atoms with E-state index in [1.54, 1.807) is 0 Å². The predicted octanol–water partition coefficient (Wildman–Crippen LogP) is 6.62. The molecule has 0 bridgehead atoms. The molecule has 4 fully saturated rings. The summed E-state index contributed by atoms with van der Waals surface area (Å²) in [5.41, 5.74) is 4.52. The van der Waals surface area contributed by atoms with E-state index in [-0.39, 0.29) is 45.6 Å². The first-order valence-corrected chi connectivity index (χ1v) is 17.2. The topological polar surface area (TPSA) is 113 Å². The van der Waals surface area contributed by atoms with Gasteiger partial charge in [0.2, 0.25) is 0 Å². The Morgan fingerprint density at radius 3 is 2.14 bits per heavy atom. The summed E-state index contributed by atoms with van der Waals surface area (Å²) in [5, 5.41) is 34.0. The van der Waals surface area contributed by atoms with Crippen LogP contribution >= 0.6 is 0 Å². The van der Waals surface area contributed by atoms with Crippen LogP contribution in [0, 0.1) is 51.2 Å². The van der Waals surface area contributed by atoms with Gasteiger partial charge in [-0.1, -0.05) is 48.5 Å². The molecular formula is C36H65NO5. The Kier molecular flexibility index (Phi) is 9.18. The van der Waals surface area contributed by atoms with Crippen molar-refractivity contribution in [2.24, 2.45) is 57.0 Å². The second-order valence-corrected chi connectivity index (χ2v) is 18.0. The van der Waals surface area contributed by atoms with E-state index < -0.39 is 23.3 Å². The van der Waals surface area contributed by atoms with Gasteiger partial charge in [-0.2, -0.15) is 0 Å². The van der Waals surface area contributed by atoms with Gasteiger partial charge in [0.1, 0.15) is 12.1 Å². The van der Waals surface area contributed by atoms with Gasteiger partial charge in [0.05, 0.1) is 17.3 Å². The summed E-state index contributed by atoms with van der Waals surface area (Å²) < 4.78 is 6.18. The summed E-state index contributed by atoms with van der Waals surface area (Å²) in [4.78, 5) is 13.0. The summed E-state index contributed by atoms with van der Waals surface area (Å²) in [5.74, 6) is 0.985. The molecule has 0 heterocycles. The molecule has 0 radical (unpaired) electrons. The van der Waals surface area contributed by atoms with Crippen molar-refractivity contribution in [3.05, 3.63) is 0 Å². The van der Waals surface area contributed by atoms with Crippen LogP contribution in [0.4, 0.5) is 0 Å². The number of carbonyl (C=O) groups is 1. The molecule has 0 aromatic carbocycles. The molecule has 0 saturated heterocycles. The van der Waals surface area contributed by atoms with Gasteiger partial charge < -0.3 is 25.8 Å². The summed E-state index contributed by atoms with van der Waals surface area (Å²) in [6.07, 6.45) is 8.91. The first-order chi connectivity index (χ1) is 19.1. The maximum Gasteiger partial charge on any atom is 0.323 e. The number of aliphatic hydroxyl groups is 3. The first kappa shape index (κ1) is 34.2. The Hall–Kier alpha value is -0.690. The number of esters is 1. The zero-order valence-electron chi connectivity index (χ0n) is 28.6. The monoisotopic (exact) mass is 591 g/mol. The third-order valence-corrected chi connectivity index (χ3v) is 13.9. The van der Waals surface area contributed by atoms with Crippen LogP contribution in [-0.4, -0.2) is 50.7 Å². The highest BCUT2D eigenvalue weighted by molar-refractivity contribution is 5.75. The molecule has 1 unspecified atom stereocenters. The quantitative estimate of drug-likeness (QED) is 0.224. The van der Waals surface area contributed by atoms with E-state index >= 15 is 0 Å². The average Bonchev–Trinajstić information content (AvgIpc) is 3.22. The lowest BCUT2D eigenvalue weighted by Crippen LogP contribution is -2.66. The van der Waals surface area contributed by atoms with Crippen LogP contribution in [0.25, 0.3) is 0 Å². The Labute approximate surface area is 256 Å². The molecule has 11 atom stereocenters. The van der Waals surface area contributed by atoms with E-state index in [0.29, 0.717) is 37.0 Å². The average molecular weight is 592 g/mol. The van der Waals surface area contributed by atoms with Crippen LogP contribution in [0.5, 0.6) is 0 Å². The molecule has 6 nitrogen and oxygen atoms in total. The highest BCUT2D eigenvalue weighted by atomic mass is 16.5. The third-order valence-electron chi connectivity index (χ3n) is 13.9. The van der Waals surface area contributed by atoms with E-state index in [1.165, 1.54) is 0 Å². The zero-order chi connectivity index (χ0) is 31.7. The van der Waals surface area contributed by atoms with E-state index in [4.69, 9.17) is 10.5 Å². The normalized spacial score (nSPS) is 43.6. The fourth-order valence-corrected chi connectivity index (χ4v) is 11.5. The highest BCUT2D eigenvalue weighted by Crippen LogP contribution is 2.76. The van der Waals surface area contributed by atoms with Crippen LogP contribution < -0.4 is 5.73 Å². The number of rotatable bonds is 9. The van der Waals surface area contributed by atoms with Crippen molar-refractivity contribution in [3.63, 3.8) is 0 Å². The molecular weight excluding hydrogens is 526 g/mol. The fraction of sp³-hybridized carbons (Fsp3) is 0.972. The summed E-state index contributed by atoms with van der Waals surface area (Å²) >= 11 is 0. The number of fused-ring (bicyclic) bond motifs is 5. The minimum Gasteiger partial charge on any atom is -0.461 e. The fourth-order valence-electron chi connectivity index (χ4n) is 11.5. The maximum absolute atomic E-state index is 13.0. The Bertz CT molecular complexity index is 986. The van der Waals surface area contributed by atoms with Gasteiger partial charge in [0, 0.05) is 5.41 Å². The molecule has 6 heteroatoms. The van der Waals surface area contributed by atoms with Gasteiger partial charge in [0.15, 0.2) is 0 Å². The molecule has 5 N–H and O–H groups in total. The summed E-state index contributed by atoms with van der Waals surface area (Å²) in [7, 11) is 0. The molecule has 0 aromatic heterocycles. The van der Waals surface area contributed by atoms with Crippen LogP contribution in [0.3, 0.4) is 0 Å². The molecule has 4 aliphatic carbocycles. The number of hydrogen-bond donors (Lipinski definition) is 4. The smallest absolute Gasteiger partial charge is 0.323 e. The van der Waals surface area contributed by atoms with Crippen molar-refractivity contribution >= 4 is 5.97 Å². The second kappa shape index (κ2) is 11.3. The lowest BCUT2D eigenvalue weighted by atomic mass is 9.35. The van der Waals surface area contributed by atoms with Crippen molar-refractivity contribution in [2.75, 3.05) is 0 Å². The van der Waals surface area contributed by atoms with E-state index in [2.05, 4.69) is 48.5 Å². The summed E-state index contributed by atoms with van der Waals surface area (Å²) in [6, 6.07) is -0.572. The maximum atomic E-state index is 13.0. The molecule has 4 saturated carbocycles. The summed E-state index contributed by atoms with van der Waals surface area (Å²) in [6.45, 7) is 21.8. The molecule has 0 amide bonds. The molecule has 244 valence electrons. The van der Waals surface area contributed by atoms with Crippen molar-refractivity contribution in [1.82, 2.24) is 0 Å². The van der Waals surface area contributed by atoms with Crippen LogP contribution in [0.1, 0.15) is 140 Å². The molecule has 42 heavy (non-hydrogen) atoms. The number of aliphatic hydroxyl groups excluding tert-OH is 1. The van der Waals surface area contributed by atoms with Gasteiger partial charge in [-0.05, 0) is 137 Å². The second-order valence-electron chi connectivity index (χ2n) is 18.0. The first-order valence-electron chi connectivity index (χ1n) is 17.2. The van der Waals surface area contributed by atoms with Crippen molar-refractivity contribution in [3.8, 4) is 0 Å². The van der Waals surface area contributed by atoms with Crippen molar-refractivity contribution in [2.45, 2.75) is 169 Å². The number of hydrogen-bond acceptors (Lipinski definition) is 6. The number of nitrogens with two attached hydrogens (primary N) is 1. The van der Waals surface area contributed by atoms with Crippen LogP contribution in [0.15, 0.2) is 0 Å². The minimum atomic E-state index is -0.862. The largest absolute Gasteiger partial charge is 0.461 e.